The molecule has 0 saturated carbocycles. The summed E-state index contributed by atoms with van der Waals surface area (Å²) in [6.45, 7) is 9.90. The molecule has 0 aliphatic carbocycles. The second-order valence-electron chi connectivity index (χ2n) is 7.33. The van der Waals surface area contributed by atoms with E-state index < -0.39 is 11.2 Å². The first-order valence-electron chi connectivity index (χ1n) is 9.94. The zero-order valence-electron chi connectivity index (χ0n) is 17.3. The Balaban J connectivity index is 1.97. The van der Waals surface area contributed by atoms with Gasteiger partial charge < -0.3 is 9.47 Å². The molecule has 0 unspecified atom stereocenters. The van der Waals surface area contributed by atoms with E-state index in [1.807, 2.05) is 6.20 Å². The predicted octanol–water partition coefficient (Wildman–Crippen LogP) is 1.99. The largest absolute Gasteiger partial charge is 0.329 e. The number of nitrogens with zero attached hydrogens (tertiary/aromatic N) is 5. The standard InChI is InChI=1S/C21H26N6O2/c1-5-25(6-2)11-12-26-16(15-9-7-14(3)8-10-15)13-27-17-18(22-20(26)27)24(4)21(29)23-19(17)28/h7-10,13H,5-6,11-12H2,1-4H3,(H,23,28,29). The number of H-pyrrole nitrogens is 1. The van der Waals surface area contributed by atoms with Gasteiger partial charge in [0, 0.05) is 26.3 Å². The third kappa shape index (κ3) is 3.19. The molecule has 1 N–H and O–H groups in total. The van der Waals surface area contributed by atoms with Crippen molar-refractivity contribution in [2.45, 2.75) is 27.3 Å². The van der Waals surface area contributed by atoms with E-state index in [4.69, 9.17) is 0 Å². The highest BCUT2D eigenvalue weighted by Gasteiger charge is 2.19. The lowest BCUT2D eigenvalue weighted by Crippen LogP contribution is -2.28. The highest BCUT2D eigenvalue weighted by molar-refractivity contribution is 5.78. The molecule has 1 aromatic carbocycles. The molecule has 8 heteroatoms. The van der Waals surface area contributed by atoms with Gasteiger partial charge in [0.05, 0.1) is 5.69 Å². The van der Waals surface area contributed by atoms with Crippen LogP contribution in [0.25, 0.3) is 28.2 Å². The molecule has 0 bridgehead atoms. The van der Waals surface area contributed by atoms with E-state index in [1.165, 1.54) is 10.1 Å². The number of rotatable bonds is 6. The molecule has 4 rings (SSSR count). The molecule has 0 fully saturated rings. The van der Waals surface area contributed by atoms with Gasteiger partial charge in [0.2, 0.25) is 5.78 Å². The zero-order valence-corrected chi connectivity index (χ0v) is 17.3. The fourth-order valence-electron chi connectivity index (χ4n) is 3.76. The second-order valence-corrected chi connectivity index (χ2v) is 7.33. The quantitative estimate of drug-likeness (QED) is 0.542. The topological polar surface area (TPSA) is 80.3 Å². The predicted molar refractivity (Wildman–Crippen MR) is 115 cm³/mol. The number of benzene rings is 1. The van der Waals surface area contributed by atoms with Crippen molar-refractivity contribution in [2.75, 3.05) is 19.6 Å². The summed E-state index contributed by atoms with van der Waals surface area (Å²) < 4.78 is 5.31. The van der Waals surface area contributed by atoms with Crippen LogP contribution in [0.2, 0.25) is 0 Å². The smallest absolute Gasteiger partial charge is 0.308 e. The van der Waals surface area contributed by atoms with Crippen molar-refractivity contribution in [1.82, 2.24) is 28.4 Å². The second kappa shape index (κ2) is 7.36. The molecule has 3 aromatic heterocycles. The maximum Gasteiger partial charge on any atom is 0.329 e. The Hall–Kier alpha value is -3.13. The zero-order chi connectivity index (χ0) is 20.7. The minimum Gasteiger partial charge on any atom is -0.308 e. The molecule has 0 aliphatic heterocycles. The number of imidazole rings is 2. The Morgan fingerprint density at radius 3 is 2.45 bits per heavy atom. The molecule has 0 aliphatic rings. The van der Waals surface area contributed by atoms with Crippen molar-refractivity contribution in [3.63, 3.8) is 0 Å². The van der Waals surface area contributed by atoms with Crippen LogP contribution < -0.4 is 11.2 Å². The lowest BCUT2D eigenvalue weighted by Gasteiger charge is -2.19. The van der Waals surface area contributed by atoms with Crippen LogP contribution in [0.3, 0.4) is 0 Å². The van der Waals surface area contributed by atoms with E-state index in [0.29, 0.717) is 16.9 Å². The Labute approximate surface area is 168 Å². The SMILES string of the molecule is CCN(CC)CCn1c(-c2ccc(C)cc2)cn2c3c(=O)[nH]c(=O)n(C)c3nc12. The molecule has 4 aromatic rings. The van der Waals surface area contributed by atoms with Crippen molar-refractivity contribution in [1.29, 1.82) is 0 Å². The summed E-state index contributed by atoms with van der Waals surface area (Å²) in [7, 11) is 1.62. The van der Waals surface area contributed by atoms with Gasteiger partial charge in [-0.15, -0.1) is 0 Å². The van der Waals surface area contributed by atoms with Gasteiger partial charge in [0.25, 0.3) is 5.56 Å². The first kappa shape index (κ1) is 19.2. The van der Waals surface area contributed by atoms with Gasteiger partial charge in [-0.1, -0.05) is 43.7 Å². The molecule has 8 nitrogen and oxygen atoms in total. The van der Waals surface area contributed by atoms with Crippen LogP contribution in [0.5, 0.6) is 0 Å². The molecule has 3 heterocycles. The number of hydrogen-bond acceptors (Lipinski definition) is 4. The highest BCUT2D eigenvalue weighted by atomic mass is 16.2. The number of hydrogen-bond donors (Lipinski definition) is 1. The van der Waals surface area contributed by atoms with Crippen LogP contribution in [0.4, 0.5) is 0 Å². The van der Waals surface area contributed by atoms with Gasteiger partial charge in [0.1, 0.15) is 0 Å². The van der Waals surface area contributed by atoms with E-state index in [1.54, 1.807) is 11.4 Å². The van der Waals surface area contributed by atoms with E-state index in [-0.39, 0.29) is 0 Å². The average Bonchev–Trinajstić information content (AvgIpc) is 3.24. The average molecular weight is 394 g/mol. The lowest BCUT2D eigenvalue weighted by molar-refractivity contribution is 0.292. The number of nitrogens with one attached hydrogen (secondary N) is 1. The number of fused-ring (bicyclic) bond motifs is 3. The monoisotopic (exact) mass is 394 g/mol. The van der Waals surface area contributed by atoms with E-state index in [0.717, 1.165) is 37.4 Å². The number of aromatic amines is 1. The first-order valence-corrected chi connectivity index (χ1v) is 9.94. The third-order valence-electron chi connectivity index (χ3n) is 5.60. The van der Waals surface area contributed by atoms with Crippen molar-refractivity contribution in [3.05, 3.63) is 56.9 Å². The van der Waals surface area contributed by atoms with Crippen molar-refractivity contribution >= 4 is 16.9 Å². The molecule has 0 spiro atoms. The minimum atomic E-state index is -0.461. The molecule has 0 radical (unpaired) electrons. The summed E-state index contributed by atoms with van der Waals surface area (Å²) in [6, 6.07) is 8.32. The normalized spacial score (nSPS) is 11.9. The van der Waals surface area contributed by atoms with Crippen molar-refractivity contribution in [2.24, 2.45) is 7.05 Å². The third-order valence-corrected chi connectivity index (χ3v) is 5.60. The summed E-state index contributed by atoms with van der Waals surface area (Å²) in [5, 5.41) is 0. The maximum absolute atomic E-state index is 12.5. The van der Waals surface area contributed by atoms with Crippen LogP contribution >= 0.6 is 0 Å². The summed E-state index contributed by atoms with van der Waals surface area (Å²) >= 11 is 0. The first-order chi connectivity index (χ1) is 13.9. The van der Waals surface area contributed by atoms with E-state index >= 15 is 0 Å². The molecular formula is C21H26N6O2. The lowest BCUT2D eigenvalue weighted by atomic mass is 10.1. The summed E-state index contributed by atoms with van der Waals surface area (Å²) in [6.07, 6.45) is 1.94. The van der Waals surface area contributed by atoms with Crippen molar-refractivity contribution in [3.8, 4) is 11.3 Å². The van der Waals surface area contributed by atoms with Gasteiger partial charge in [-0.05, 0) is 25.6 Å². The van der Waals surface area contributed by atoms with Gasteiger partial charge in [-0.2, -0.15) is 4.98 Å². The highest BCUT2D eigenvalue weighted by Crippen LogP contribution is 2.25. The minimum absolute atomic E-state index is 0.386. The molecule has 29 heavy (non-hydrogen) atoms. The summed E-state index contributed by atoms with van der Waals surface area (Å²) in [5.74, 6) is 0.662. The number of likely N-dealkylation sites (N-methyl/N-ethyl adjacent to an activating group) is 1. The summed E-state index contributed by atoms with van der Waals surface area (Å²) in [5.41, 5.74) is 3.14. The Bertz CT molecular complexity index is 1290. The number of aromatic nitrogens is 5. The Morgan fingerprint density at radius 1 is 1.10 bits per heavy atom. The van der Waals surface area contributed by atoms with Gasteiger partial charge in [0.15, 0.2) is 11.2 Å². The Morgan fingerprint density at radius 2 is 1.79 bits per heavy atom. The Kier molecular flexibility index (Phi) is 4.87. The van der Waals surface area contributed by atoms with Gasteiger partial charge in [-0.25, -0.2) is 4.79 Å². The summed E-state index contributed by atoms with van der Waals surface area (Å²) in [4.78, 5) is 33.9. The van der Waals surface area contributed by atoms with Gasteiger partial charge in [-0.3, -0.25) is 18.7 Å². The molecule has 0 saturated heterocycles. The molecule has 0 atom stereocenters. The van der Waals surface area contributed by atoms with Crippen molar-refractivity contribution < 1.29 is 0 Å². The molecule has 152 valence electrons. The van der Waals surface area contributed by atoms with E-state index in [2.05, 4.69) is 64.5 Å². The van der Waals surface area contributed by atoms with E-state index in [9.17, 15) is 9.59 Å². The van der Waals surface area contributed by atoms with Crippen LogP contribution in [-0.4, -0.2) is 48.0 Å². The fraction of sp³-hybridized carbons (Fsp3) is 0.381. The van der Waals surface area contributed by atoms with Crippen LogP contribution in [0.15, 0.2) is 40.1 Å². The van der Waals surface area contributed by atoms with Crippen LogP contribution in [0.1, 0.15) is 19.4 Å². The van der Waals surface area contributed by atoms with Crippen LogP contribution in [-0.2, 0) is 13.6 Å². The molecule has 0 amide bonds. The maximum atomic E-state index is 12.5. The number of aryl methyl sites for hydroxylation is 2. The fourth-order valence-corrected chi connectivity index (χ4v) is 3.76. The van der Waals surface area contributed by atoms with Gasteiger partial charge >= 0.3 is 5.69 Å². The molecular weight excluding hydrogens is 368 g/mol. The van der Waals surface area contributed by atoms with Crippen LogP contribution in [0, 0.1) is 6.92 Å².